The second-order valence-electron chi connectivity index (χ2n) is 5.08. The molecule has 0 fully saturated rings. The fourth-order valence-electron chi connectivity index (χ4n) is 2.36. The van der Waals surface area contributed by atoms with Crippen LogP contribution in [0.5, 0.6) is 0 Å². The molecule has 0 saturated carbocycles. The lowest BCUT2D eigenvalue weighted by molar-refractivity contribution is -0.139. The quantitative estimate of drug-likeness (QED) is 0.821. The van der Waals surface area contributed by atoms with Crippen molar-refractivity contribution < 1.29 is 14.3 Å². The summed E-state index contributed by atoms with van der Waals surface area (Å²) in [6.07, 6.45) is 3.42. The van der Waals surface area contributed by atoms with Crippen molar-refractivity contribution in [1.29, 1.82) is 0 Å². The smallest absolute Gasteiger partial charge is 0.315 e. The van der Waals surface area contributed by atoms with Crippen molar-refractivity contribution in [1.82, 2.24) is 0 Å². The normalized spacial score (nSPS) is 14.4. The SMILES string of the molecule is CCOC(=O)CS[C@H](C)C(=O)Nc1ccc2c(c1)CCC2. The predicted molar refractivity (Wildman–Crippen MR) is 85.6 cm³/mol. The molecule has 0 saturated heterocycles. The summed E-state index contributed by atoms with van der Waals surface area (Å²) >= 11 is 1.29. The average Bonchev–Trinajstić information content (AvgIpc) is 2.92. The van der Waals surface area contributed by atoms with Crippen LogP contribution in [0.1, 0.15) is 31.4 Å². The zero-order valence-electron chi connectivity index (χ0n) is 12.5. The van der Waals surface area contributed by atoms with Crippen LogP contribution in [-0.2, 0) is 27.2 Å². The lowest BCUT2D eigenvalue weighted by Gasteiger charge is -2.12. The van der Waals surface area contributed by atoms with Gasteiger partial charge in [0.1, 0.15) is 0 Å². The maximum atomic E-state index is 12.1. The summed E-state index contributed by atoms with van der Waals surface area (Å²) in [6.45, 7) is 3.94. The summed E-state index contributed by atoms with van der Waals surface area (Å²) in [6, 6.07) is 6.10. The van der Waals surface area contributed by atoms with Crippen molar-refractivity contribution in [3.8, 4) is 0 Å². The molecule has 1 aromatic rings. The number of amides is 1. The van der Waals surface area contributed by atoms with Gasteiger partial charge in [-0.05, 0) is 56.4 Å². The van der Waals surface area contributed by atoms with E-state index in [1.807, 2.05) is 6.07 Å². The highest BCUT2D eigenvalue weighted by Crippen LogP contribution is 2.25. The van der Waals surface area contributed by atoms with Gasteiger partial charge in [-0.25, -0.2) is 0 Å². The van der Waals surface area contributed by atoms with Gasteiger partial charge in [-0.15, -0.1) is 11.8 Å². The van der Waals surface area contributed by atoms with E-state index in [2.05, 4.69) is 17.4 Å². The van der Waals surface area contributed by atoms with Crippen molar-refractivity contribution in [2.24, 2.45) is 0 Å². The number of rotatable bonds is 6. The zero-order valence-corrected chi connectivity index (χ0v) is 13.3. The second-order valence-corrected chi connectivity index (χ2v) is 6.41. The zero-order chi connectivity index (χ0) is 15.2. The molecule has 1 aromatic carbocycles. The van der Waals surface area contributed by atoms with E-state index in [0.717, 1.165) is 18.5 Å². The van der Waals surface area contributed by atoms with Crippen molar-refractivity contribution >= 4 is 29.3 Å². The van der Waals surface area contributed by atoms with Gasteiger partial charge in [0.2, 0.25) is 5.91 Å². The number of ether oxygens (including phenoxy) is 1. The summed E-state index contributed by atoms with van der Waals surface area (Å²) < 4.78 is 4.85. The summed E-state index contributed by atoms with van der Waals surface area (Å²) in [4.78, 5) is 23.4. The molecule has 0 aliphatic heterocycles. The van der Waals surface area contributed by atoms with E-state index in [9.17, 15) is 9.59 Å². The van der Waals surface area contributed by atoms with E-state index in [-0.39, 0.29) is 22.9 Å². The number of hydrogen-bond donors (Lipinski definition) is 1. The minimum atomic E-state index is -0.289. The van der Waals surface area contributed by atoms with E-state index in [4.69, 9.17) is 4.74 Å². The molecule has 1 amide bonds. The van der Waals surface area contributed by atoms with Crippen LogP contribution in [0.2, 0.25) is 0 Å². The summed E-state index contributed by atoms with van der Waals surface area (Å²) in [7, 11) is 0. The van der Waals surface area contributed by atoms with Crippen molar-refractivity contribution in [2.45, 2.75) is 38.4 Å². The highest BCUT2D eigenvalue weighted by atomic mass is 32.2. The number of benzene rings is 1. The van der Waals surface area contributed by atoms with Gasteiger partial charge in [0.15, 0.2) is 0 Å². The van der Waals surface area contributed by atoms with Gasteiger partial charge in [0, 0.05) is 5.69 Å². The molecule has 4 nitrogen and oxygen atoms in total. The predicted octanol–water partition coefficient (Wildman–Crippen LogP) is 2.80. The Morgan fingerprint density at radius 2 is 2.10 bits per heavy atom. The Bertz CT molecular complexity index is 530. The minimum Gasteiger partial charge on any atom is -0.465 e. The average molecular weight is 307 g/mol. The Balaban J connectivity index is 1.84. The number of nitrogens with one attached hydrogen (secondary N) is 1. The Morgan fingerprint density at radius 1 is 1.33 bits per heavy atom. The van der Waals surface area contributed by atoms with E-state index >= 15 is 0 Å². The molecule has 0 heterocycles. The number of carbonyl (C=O) groups is 2. The topological polar surface area (TPSA) is 55.4 Å². The molecule has 1 N–H and O–H groups in total. The van der Waals surface area contributed by atoms with Crippen LogP contribution < -0.4 is 5.32 Å². The lowest BCUT2D eigenvalue weighted by Crippen LogP contribution is -2.24. The van der Waals surface area contributed by atoms with Gasteiger partial charge >= 0.3 is 5.97 Å². The van der Waals surface area contributed by atoms with E-state index in [0.29, 0.717) is 6.61 Å². The van der Waals surface area contributed by atoms with Crippen LogP contribution in [0.3, 0.4) is 0 Å². The van der Waals surface area contributed by atoms with Crippen LogP contribution in [0.4, 0.5) is 5.69 Å². The van der Waals surface area contributed by atoms with Gasteiger partial charge in [0.25, 0.3) is 0 Å². The molecule has 0 radical (unpaired) electrons. The Kier molecular flexibility index (Phi) is 5.67. The van der Waals surface area contributed by atoms with Gasteiger partial charge in [-0.2, -0.15) is 0 Å². The molecule has 0 spiro atoms. The van der Waals surface area contributed by atoms with Crippen molar-refractivity contribution in [2.75, 3.05) is 17.7 Å². The summed E-state index contributed by atoms with van der Waals surface area (Å²) in [5.74, 6) is -0.158. The monoisotopic (exact) mass is 307 g/mol. The van der Waals surface area contributed by atoms with E-state index < -0.39 is 0 Å². The van der Waals surface area contributed by atoms with Gasteiger partial charge in [-0.3, -0.25) is 9.59 Å². The second kappa shape index (κ2) is 7.50. The van der Waals surface area contributed by atoms with Crippen LogP contribution in [0.25, 0.3) is 0 Å². The van der Waals surface area contributed by atoms with Crippen molar-refractivity contribution in [3.63, 3.8) is 0 Å². The molecule has 0 bridgehead atoms. The molecule has 5 heteroatoms. The number of thioether (sulfide) groups is 1. The van der Waals surface area contributed by atoms with Gasteiger partial charge in [0.05, 0.1) is 17.6 Å². The van der Waals surface area contributed by atoms with Gasteiger partial charge in [-0.1, -0.05) is 6.07 Å². The number of fused-ring (bicyclic) bond motifs is 1. The third kappa shape index (κ3) is 4.49. The Morgan fingerprint density at radius 3 is 2.86 bits per heavy atom. The molecule has 114 valence electrons. The summed E-state index contributed by atoms with van der Waals surface area (Å²) in [5.41, 5.74) is 3.56. The number of esters is 1. The molecular weight excluding hydrogens is 286 g/mol. The molecule has 2 rings (SSSR count). The first-order valence-electron chi connectivity index (χ1n) is 7.30. The first-order chi connectivity index (χ1) is 10.1. The molecule has 21 heavy (non-hydrogen) atoms. The molecular formula is C16H21NO3S. The van der Waals surface area contributed by atoms with E-state index in [1.54, 1.807) is 13.8 Å². The highest BCUT2D eigenvalue weighted by Gasteiger charge is 2.17. The van der Waals surface area contributed by atoms with Crippen LogP contribution in [0.15, 0.2) is 18.2 Å². The maximum Gasteiger partial charge on any atom is 0.315 e. The third-order valence-electron chi connectivity index (χ3n) is 3.49. The Labute approximate surface area is 129 Å². The van der Waals surface area contributed by atoms with E-state index in [1.165, 1.54) is 29.3 Å². The largest absolute Gasteiger partial charge is 0.465 e. The fraction of sp³-hybridized carbons (Fsp3) is 0.500. The number of carbonyl (C=O) groups excluding carboxylic acids is 2. The van der Waals surface area contributed by atoms with Crippen molar-refractivity contribution in [3.05, 3.63) is 29.3 Å². The first kappa shape index (κ1) is 15.9. The lowest BCUT2D eigenvalue weighted by atomic mass is 10.1. The molecule has 0 aromatic heterocycles. The Hall–Kier alpha value is -1.49. The van der Waals surface area contributed by atoms with Crippen LogP contribution in [0, 0.1) is 0 Å². The van der Waals surface area contributed by atoms with Crippen LogP contribution >= 0.6 is 11.8 Å². The van der Waals surface area contributed by atoms with Gasteiger partial charge < -0.3 is 10.1 Å². The first-order valence-corrected chi connectivity index (χ1v) is 8.35. The highest BCUT2D eigenvalue weighted by molar-refractivity contribution is 8.01. The number of aryl methyl sites for hydroxylation is 2. The number of anilines is 1. The standard InChI is InChI=1S/C16H21NO3S/c1-3-20-15(18)10-21-11(2)16(19)17-14-8-7-12-5-4-6-13(12)9-14/h7-9,11H,3-6,10H2,1-2H3,(H,17,19)/t11-/m1/s1. The molecule has 1 aliphatic rings. The minimum absolute atomic E-state index is 0.0813. The summed E-state index contributed by atoms with van der Waals surface area (Å²) in [5, 5.41) is 2.63. The van der Waals surface area contributed by atoms with Crippen LogP contribution in [-0.4, -0.2) is 29.5 Å². The molecule has 1 aliphatic carbocycles. The third-order valence-corrected chi connectivity index (χ3v) is 4.61. The molecule has 0 unspecified atom stereocenters. The number of hydrogen-bond acceptors (Lipinski definition) is 4. The molecule has 1 atom stereocenters. The maximum absolute atomic E-state index is 12.1. The fourth-order valence-corrected chi connectivity index (χ4v) is 3.04.